The maximum absolute atomic E-state index is 8.69. The van der Waals surface area contributed by atoms with Gasteiger partial charge in [0.1, 0.15) is 0 Å². The van der Waals surface area contributed by atoms with E-state index in [-0.39, 0.29) is 12.4 Å². The van der Waals surface area contributed by atoms with Gasteiger partial charge in [0.2, 0.25) is 0 Å². The molecule has 0 N–H and O–H groups in total. The Hall–Kier alpha value is -1.05. The van der Waals surface area contributed by atoms with E-state index in [1.54, 1.807) is 0 Å². The molecule has 1 rings (SSSR count). The zero-order valence-corrected chi connectivity index (χ0v) is 12.2. The fourth-order valence-electron chi connectivity index (χ4n) is 1.90. The van der Waals surface area contributed by atoms with Gasteiger partial charge in [0.25, 0.3) is 5.71 Å². The Morgan fingerprint density at radius 2 is 1.78 bits per heavy atom. The summed E-state index contributed by atoms with van der Waals surface area (Å²) in [4.78, 5) is 5.67. The van der Waals surface area contributed by atoms with Gasteiger partial charge in [0.15, 0.2) is 0 Å². The van der Waals surface area contributed by atoms with E-state index in [2.05, 4.69) is 35.7 Å². The van der Waals surface area contributed by atoms with Crippen LogP contribution in [0.5, 0.6) is 0 Å². The van der Waals surface area contributed by atoms with E-state index < -0.39 is 0 Å². The summed E-state index contributed by atoms with van der Waals surface area (Å²) in [6, 6.07) is 0. The van der Waals surface area contributed by atoms with Crippen LogP contribution in [0.25, 0.3) is 5.53 Å². The maximum Gasteiger partial charge on any atom is 0.295 e. The molecule has 0 atom stereocenters. The van der Waals surface area contributed by atoms with Gasteiger partial charge in [-0.25, -0.2) is 0 Å². The highest BCUT2D eigenvalue weighted by atomic mass is 35.5. The lowest BCUT2D eigenvalue weighted by atomic mass is 10.1. The molecule has 102 valence electrons. The highest BCUT2D eigenvalue weighted by molar-refractivity contribution is 5.93. The zero-order chi connectivity index (χ0) is 12.5. The molecule has 0 aromatic rings. The van der Waals surface area contributed by atoms with Crippen LogP contribution in [0, 0.1) is 0 Å². The van der Waals surface area contributed by atoms with Gasteiger partial charge in [-0.3, -0.25) is 0 Å². The van der Waals surface area contributed by atoms with Gasteiger partial charge < -0.3 is 10.4 Å². The van der Waals surface area contributed by atoms with E-state index in [0.717, 1.165) is 25.2 Å². The lowest BCUT2D eigenvalue weighted by Crippen LogP contribution is -2.25. The third kappa shape index (κ3) is 5.52. The minimum atomic E-state index is 0. The summed E-state index contributed by atoms with van der Waals surface area (Å²) < 4.78 is 0. The fraction of sp³-hybridized carbons (Fsp3) is 0.643. The highest BCUT2D eigenvalue weighted by Gasteiger charge is 2.12. The number of unbranched alkanes of at least 4 members (excludes halogenated alkanes) is 2. The number of nitrogens with zero attached hydrogens (tertiary/aromatic N) is 3. The van der Waals surface area contributed by atoms with E-state index in [0.29, 0.717) is 0 Å². The molecule has 1 aliphatic carbocycles. The summed E-state index contributed by atoms with van der Waals surface area (Å²) in [5, 5.41) is 0. The second kappa shape index (κ2) is 9.93. The molecule has 0 amide bonds. The number of hydrogen-bond acceptors (Lipinski definition) is 1. The van der Waals surface area contributed by atoms with E-state index >= 15 is 0 Å². The minimum absolute atomic E-state index is 0. The van der Waals surface area contributed by atoms with Crippen LogP contribution >= 0.6 is 12.4 Å². The first-order valence-electron chi connectivity index (χ1n) is 6.66. The molecule has 0 saturated heterocycles. The first-order chi connectivity index (χ1) is 8.31. The van der Waals surface area contributed by atoms with E-state index in [9.17, 15) is 0 Å². The van der Waals surface area contributed by atoms with Gasteiger partial charge in [-0.1, -0.05) is 26.7 Å². The standard InChI is InChI=1S/C14H23N3.ClH/c1-3-5-11-17(12-6-4-2)14-9-7-13(16-15)8-10-14;/h7,9-10H,3-6,8,11-12H2,1-2H3;1H. The molecule has 0 aromatic heterocycles. The Kier molecular flexibility index (Phi) is 9.35. The van der Waals surface area contributed by atoms with Crippen molar-refractivity contribution in [1.82, 2.24) is 4.90 Å². The number of halogens is 1. The van der Waals surface area contributed by atoms with Crippen LogP contribution in [0.3, 0.4) is 0 Å². The lowest BCUT2D eigenvalue weighted by molar-refractivity contribution is -0.00547. The predicted octanol–water partition coefficient (Wildman–Crippen LogP) is 3.83. The largest absolute Gasteiger partial charge is 0.372 e. The molecule has 0 unspecified atom stereocenters. The van der Waals surface area contributed by atoms with E-state index in [4.69, 9.17) is 5.53 Å². The minimum Gasteiger partial charge on any atom is -0.372 e. The number of hydrogen-bond donors (Lipinski definition) is 0. The molecule has 0 aliphatic heterocycles. The van der Waals surface area contributed by atoms with Crippen LogP contribution in [0.2, 0.25) is 0 Å². The van der Waals surface area contributed by atoms with E-state index in [1.165, 1.54) is 31.4 Å². The highest BCUT2D eigenvalue weighted by Crippen LogP contribution is 2.14. The number of allylic oxidation sites excluding steroid dienone is 3. The van der Waals surface area contributed by atoms with Crippen LogP contribution < -0.4 is 0 Å². The summed E-state index contributed by atoms with van der Waals surface area (Å²) in [5.41, 5.74) is 10.7. The molecule has 3 nitrogen and oxygen atoms in total. The normalized spacial score (nSPS) is 13.7. The van der Waals surface area contributed by atoms with E-state index in [1.807, 2.05) is 6.08 Å². The third-order valence-corrected chi connectivity index (χ3v) is 3.02. The van der Waals surface area contributed by atoms with Gasteiger partial charge in [-0.2, -0.15) is 4.79 Å². The predicted molar refractivity (Wildman–Crippen MR) is 79.1 cm³/mol. The van der Waals surface area contributed by atoms with Crippen molar-refractivity contribution in [2.24, 2.45) is 0 Å². The quantitative estimate of drug-likeness (QED) is 0.511. The van der Waals surface area contributed by atoms with Gasteiger partial charge >= 0.3 is 0 Å². The molecule has 0 fully saturated rings. The van der Waals surface area contributed by atoms with Crippen molar-refractivity contribution in [2.45, 2.75) is 46.0 Å². The van der Waals surface area contributed by atoms with Crippen LogP contribution in [0.4, 0.5) is 0 Å². The fourth-order valence-corrected chi connectivity index (χ4v) is 1.90. The Balaban J connectivity index is 0.00000289. The summed E-state index contributed by atoms with van der Waals surface area (Å²) >= 11 is 0. The van der Waals surface area contributed by atoms with Crippen molar-refractivity contribution in [3.8, 4) is 0 Å². The van der Waals surface area contributed by atoms with Crippen molar-refractivity contribution in [3.63, 3.8) is 0 Å². The van der Waals surface area contributed by atoms with Gasteiger partial charge in [-0.05, 0) is 25.0 Å². The van der Waals surface area contributed by atoms with Gasteiger partial charge in [-0.15, -0.1) is 12.4 Å². The summed E-state index contributed by atoms with van der Waals surface area (Å²) in [6.45, 7) is 6.69. The molecular formula is C14H24ClN3. The SMILES string of the molecule is CCCCN(CCCC)C1=CCC(=[N+]=[N-])C=C1.Cl. The molecule has 0 bridgehead atoms. The molecular weight excluding hydrogens is 246 g/mol. The molecule has 0 radical (unpaired) electrons. The molecule has 4 heteroatoms. The van der Waals surface area contributed by atoms with Gasteiger partial charge in [0.05, 0.1) is 6.42 Å². The third-order valence-electron chi connectivity index (χ3n) is 3.02. The summed E-state index contributed by atoms with van der Waals surface area (Å²) in [5.74, 6) is 0. The topological polar surface area (TPSA) is 39.6 Å². The van der Waals surface area contributed by atoms with Crippen molar-refractivity contribution in [1.29, 1.82) is 0 Å². The summed E-state index contributed by atoms with van der Waals surface area (Å²) in [7, 11) is 0. The lowest BCUT2D eigenvalue weighted by Gasteiger charge is -2.26. The van der Waals surface area contributed by atoms with Crippen molar-refractivity contribution < 1.29 is 4.79 Å². The molecule has 0 aromatic carbocycles. The van der Waals surface area contributed by atoms with Crippen LogP contribution in [0.15, 0.2) is 23.9 Å². The summed E-state index contributed by atoms with van der Waals surface area (Å²) in [6.07, 6.45) is 11.8. The first kappa shape index (κ1) is 16.9. The Bertz CT molecular complexity index is 333. The second-order valence-corrected chi connectivity index (χ2v) is 4.45. The first-order valence-corrected chi connectivity index (χ1v) is 6.66. The van der Waals surface area contributed by atoms with Gasteiger partial charge in [0, 0.05) is 24.9 Å². The smallest absolute Gasteiger partial charge is 0.295 e. The van der Waals surface area contributed by atoms with Crippen LogP contribution in [-0.2, 0) is 0 Å². The zero-order valence-electron chi connectivity index (χ0n) is 11.4. The second-order valence-electron chi connectivity index (χ2n) is 4.45. The van der Waals surface area contributed by atoms with Crippen LogP contribution in [-0.4, -0.2) is 28.5 Å². The van der Waals surface area contributed by atoms with Crippen molar-refractivity contribution >= 4 is 18.1 Å². The Morgan fingerprint density at radius 3 is 2.17 bits per heavy atom. The Labute approximate surface area is 117 Å². The average molecular weight is 270 g/mol. The number of rotatable bonds is 7. The van der Waals surface area contributed by atoms with Crippen molar-refractivity contribution in [3.05, 3.63) is 29.5 Å². The monoisotopic (exact) mass is 269 g/mol. The molecule has 1 aliphatic rings. The average Bonchev–Trinajstić information content (AvgIpc) is 2.39. The molecule has 0 spiro atoms. The molecule has 0 heterocycles. The van der Waals surface area contributed by atoms with Crippen LogP contribution in [0.1, 0.15) is 46.0 Å². The molecule has 18 heavy (non-hydrogen) atoms. The maximum atomic E-state index is 8.69. The molecule has 0 saturated carbocycles. The van der Waals surface area contributed by atoms with Crippen molar-refractivity contribution in [2.75, 3.05) is 13.1 Å². The Morgan fingerprint density at radius 1 is 1.17 bits per heavy atom.